The van der Waals surface area contributed by atoms with Gasteiger partial charge in [-0.15, -0.1) is 18.9 Å². The van der Waals surface area contributed by atoms with Gasteiger partial charge in [0.15, 0.2) is 5.69 Å². The number of carbonyl (C=O) groups excluding carboxylic acids is 1. The minimum absolute atomic E-state index is 0.0238. The second-order valence-electron chi connectivity index (χ2n) is 4.07. The monoisotopic (exact) mass is 279 g/mol. The average molecular weight is 279 g/mol. The Balaban J connectivity index is 2.34. The van der Waals surface area contributed by atoms with E-state index in [4.69, 9.17) is 9.84 Å². The topological polar surface area (TPSA) is 105 Å². The standard InChI is InChI=1S/C12H13N3O5/c16-5-1-4-13-10-3-2-9(6-11(10)15(18)19)14-8-20-7-12(14)17/h2-3,6,8,16H,1,4-5,7H2/q-2. The third-order valence-electron chi connectivity index (χ3n) is 2.69. The number of ether oxygens (including phenoxy) is 1. The molecule has 0 radical (unpaired) electrons. The summed E-state index contributed by atoms with van der Waals surface area (Å²) in [5.41, 5.74) is 0.175. The summed E-state index contributed by atoms with van der Waals surface area (Å²) in [6.07, 6.45) is 0.436. The van der Waals surface area contributed by atoms with Gasteiger partial charge in [-0.2, -0.15) is 0 Å². The lowest BCUT2D eigenvalue weighted by Crippen LogP contribution is -2.23. The fraction of sp³-hybridized carbons (Fsp3) is 0.333. The number of nitro benzene ring substituents is 1. The van der Waals surface area contributed by atoms with Crippen molar-refractivity contribution < 1.29 is 19.6 Å². The largest absolute Gasteiger partial charge is 0.525 e. The van der Waals surface area contributed by atoms with Crippen LogP contribution in [0.4, 0.5) is 11.4 Å². The Labute approximate surface area is 114 Å². The van der Waals surface area contributed by atoms with Crippen LogP contribution in [0.1, 0.15) is 6.42 Å². The van der Waals surface area contributed by atoms with Crippen molar-refractivity contribution in [3.63, 3.8) is 0 Å². The quantitative estimate of drug-likeness (QED) is 0.355. The first-order valence-electron chi connectivity index (χ1n) is 5.97. The van der Waals surface area contributed by atoms with Crippen molar-refractivity contribution in [1.82, 2.24) is 0 Å². The Hall–Kier alpha value is -2.19. The highest BCUT2D eigenvalue weighted by atomic mass is 16.6. The number of hydrogen-bond donors (Lipinski definition) is 1. The summed E-state index contributed by atoms with van der Waals surface area (Å²) in [4.78, 5) is 27.3. The molecule has 1 fully saturated rings. The summed E-state index contributed by atoms with van der Waals surface area (Å²) in [6, 6.07) is 4.32. The zero-order valence-corrected chi connectivity index (χ0v) is 10.6. The summed E-state index contributed by atoms with van der Waals surface area (Å²) in [6.45, 7) is 1.43. The minimum Gasteiger partial charge on any atom is -0.525 e. The molecule has 1 saturated heterocycles. The fourth-order valence-electron chi connectivity index (χ4n) is 1.73. The number of non-ortho nitro benzene ring substituents is 1. The van der Waals surface area contributed by atoms with Crippen LogP contribution in [-0.2, 0) is 9.53 Å². The number of aliphatic hydroxyl groups is 1. The van der Waals surface area contributed by atoms with Crippen LogP contribution in [0.15, 0.2) is 23.2 Å². The molecule has 1 aliphatic rings. The molecule has 1 aromatic rings. The molecule has 20 heavy (non-hydrogen) atoms. The Morgan fingerprint density at radius 2 is 2.40 bits per heavy atom. The predicted octanol–water partition coefficient (Wildman–Crippen LogP) is 0.0793. The normalized spacial score (nSPS) is 15.9. The maximum absolute atomic E-state index is 11.5. The minimum atomic E-state index is -0.553. The fourth-order valence-corrected chi connectivity index (χ4v) is 1.73. The molecule has 1 aromatic carbocycles. The number of nitrogens with zero attached hydrogens (tertiary/aromatic N) is 3. The number of carbonyl (C=O) groups is 1. The third kappa shape index (κ3) is 3.03. The molecule has 2 rings (SSSR count). The van der Waals surface area contributed by atoms with E-state index in [9.17, 15) is 14.9 Å². The molecule has 0 aromatic heterocycles. The number of hydrogen-bond acceptors (Lipinski definition) is 6. The first kappa shape index (κ1) is 14.2. The van der Waals surface area contributed by atoms with E-state index in [0.717, 1.165) is 0 Å². The first-order chi connectivity index (χ1) is 9.63. The number of aliphatic hydroxyl groups excluding tert-OH is 1. The van der Waals surface area contributed by atoms with Gasteiger partial charge in [0, 0.05) is 23.4 Å². The van der Waals surface area contributed by atoms with Crippen molar-refractivity contribution in [2.45, 2.75) is 6.42 Å². The first-order valence-corrected chi connectivity index (χ1v) is 5.97. The molecule has 1 heterocycles. The average Bonchev–Trinajstić information content (AvgIpc) is 2.85. The van der Waals surface area contributed by atoms with Gasteiger partial charge in [0.1, 0.15) is 0 Å². The maximum Gasteiger partial charge on any atom is 0.212 e. The van der Waals surface area contributed by atoms with Gasteiger partial charge in [0.05, 0.1) is 6.61 Å². The summed E-state index contributed by atoms with van der Waals surface area (Å²) in [5.74, 6) is -0.288. The molecular formula is C12H13N3O5-2. The molecule has 1 amide bonds. The summed E-state index contributed by atoms with van der Waals surface area (Å²) < 4.78 is 4.86. The molecule has 108 valence electrons. The van der Waals surface area contributed by atoms with Gasteiger partial charge >= 0.3 is 0 Å². The number of anilines is 1. The van der Waals surface area contributed by atoms with Crippen LogP contribution in [0.25, 0.3) is 0 Å². The van der Waals surface area contributed by atoms with Crippen molar-refractivity contribution in [2.24, 2.45) is 4.99 Å². The molecule has 1 aliphatic heterocycles. The predicted molar refractivity (Wildman–Crippen MR) is 68.6 cm³/mol. The summed E-state index contributed by atoms with van der Waals surface area (Å²) >= 11 is 0. The lowest BCUT2D eigenvalue weighted by atomic mass is 10.2. The van der Waals surface area contributed by atoms with E-state index in [-0.39, 0.29) is 30.2 Å². The Bertz CT molecular complexity index is 581. The number of rotatable bonds is 5. The van der Waals surface area contributed by atoms with Crippen LogP contribution in [0.3, 0.4) is 0 Å². The highest BCUT2D eigenvalue weighted by Crippen LogP contribution is 2.22. The van der Waals surface area contributed by atoms with Gasteiger partial charge in [0.25, 0.3) is 0 Å². The molecule has 0 unspecified atom stereocenters. The molecule has 0 atom stereocenters. The summed E-state index contributed by atoms with van der Waals surface area (Å²) in [5, 5.41) is 20.0. The van der Waals surface area contributed by atoms with Crippen molar-refractivity contribution >= 4 is 17.3 Å². The van der Waals surface area contributed by atoms with Gasteiger partial charge in [-0.25, -0.2) is 0 Å². The number of nitro groups is 1. The van der Waals surface area contributed by atoms with Gasteiger partial charge in [-0.3, -0.25) is 14.9 Å². The van der Waals surface area contributed by atoms with E-state index in [1.807, 2.05) is 0 Å². The van der Waals surface area contributed by atoms with Crippen molar-refractivity contribution in [3.8, 4) is 0 Å². The molecule has 0 aliphatic carbocycles. The van der Waals surface area contributed by atoms with Crippen LogP contribution in [0.2, 0.25) is 0 Å². The highest BCUT2D eigenvalue weighted by Gasteiger charge is 2.12. The maximum atomic E-state index is 11.5. The van der Waals surface area contributed by atoms with E-state index in [1.165, 1.54) is 23.8 Å². The molecule has 8 nitrogen and oxygen atoms in total. The molecule has 0 saturated carbocycles. The second-order valence-corrected chi connectivity index (χ2v) is 4.07. The second kappa shape index (κ2) is 6.31. The number of benzene rings is 1. The van der Waals surface area contributed by atoms with Crippen LogP contribution in [0, 0.1) is 16.8 Å². The van der Waals surface area contributed by atoms with E-state index < -0.39 is 4.92 Å². The van der Waals surface area contributed by atoms with Gasteiger partial charge in [0.2, 0.25) is 5.91 Å². The molecular weight excluding hydrogens is 266 g/mol. The van der Waals surface area contributed by atoms with Gasteiger partial charge in [-0.05, 0) is 6.42 Å². The zero-order chi connectivity index (χ0) is 14.5. The van der Waals surface area contributed by atoms with Crippen LogP contribution in [-0.4, -0.2) is 35.7 Å². The Kier molecular flexibility index (Phi) is 4.49. The highest BCUT2D eigenvalue weighted by molar-refractivity contribution is 5.97. The Morgan fingerprint density at radius 1 is 1.60 bits per heavy atom. The molecule has 1 N–H and O–H groups in total. The lowest BCUT2D eigenvalue weighted by Gasteiger charge is -2.29. The Morgan fingerprint density at radius 3 is 3.00 bits per heavy atom. The molecule has 0 bridgehead atoms. The number of amides is 1. The van der Waals surface area contributed by atoms with E-state index in [2.05, 4.69) is 4.99 Å². The van der Waals surface area contributed by atoms with E-state index in [1.54, 1.807) is 6.07 Å². The SMILES string of the molecule is O=C1CO[CH-]N1c1ccc(=NCCCO)[c-]([N+](=O)[O-])c1. The lowest BCUT2D eigenvalue weighted by molar-refractivity contribution is -0.386. The summed E-state index contributed by atoms with van der Waals surface area (Å²) in [7, 11) is 0. The van der Waals surface area contributed by atoms with Crippen molar-refractivity contribution in [3.05, 3.63) is 40.4 Å². The van der Waals surface area contributed by atoms with E-state index in [0.29, 0.717) is 18.7 Å². The van der Waals surface area contributed by atoms with Crippen LogP contribution >= 0.6 is 0 Å². The van der Waals surface area contributed by atoms with Crippen molar-refractivity contribution in [2.75, 3.05) is 24.7 Å². The molecule has 8 heteroatoms. The molecule has 0 spiro atoms. The zero-order valence-electron chi connectivity index (χ0n) is 10.6. The smallest absolute Gasteiger partial charge is 0.212 e. The van der Waals surface area contributed by atoms with Crippen LogP contribution in [0.5, 0.6) is 0 Å². The van der Waals surface area contributed by atoms with Crippen LogP contribution < -0.4 is 10.3 Å². The van der Waals surface area contributed by atoms with E-state index >= 15 is 0 Å². The third-order valence-corrected chi connectivity index (χ3v) is 2.69. The van der Waals surface area contributed by atoms with Crippen molar-refractivity contribution in [1.29, 1.82) is 0 Å². The van der Waals surface area contributed by atoms with Gasteiger partial charge < -0.3 is 19.7 Å². The van der Waals surface area contributed by atoms with Gasteiger partial charge in [-0.1, -0.05) is 11.8 Å².